The van der Waals surface area contributed by atoms with Crippen molar-refractivity contribution >= 4 is 31.8 Å². The fraction of sp³-hybridized carbons (Fsp3) is 0.115. The molecule has 37 heavy (non-hydrogen) atoms. The number of rotatable bonds is 6. The third-order valence-electron chi connectivity index (χ3n) is 6.09. The SMILES string of the molecule is CS(=O)(=O)CCc1cc(F)cc(-c2cncc3[nH]c(-c4n[nH]c5ccc(-c6cncnc6)nc45)cc23)c1. The summed E-state index contributed by atoms with van der Waals surface area (Å²) in [6.07, 6.45) is 9.63. The number of hydrogen-bond acceptors (Lipinski definition) is 7. The van der Waals surface area contributed by atoms with Gasteiger partial charge < -0.3 is 4.98 Å². The van der Waals surface area contributed by atoms with E-state index in [0.717, 1.165) is 38.9 Å². The normalized spacial score (nSPS) is 11.9. The van der Waals surface area contributed by atoms with Crippen LogP contribution in [0.1, 0.15) is 5.56 Å². The molecule has 6 aromatic rings. The van der Waals surface area contributed by atoms with Crippen molar-refractivity contribution in [2.24, 2.45) is 0 Å². The molecule has 2 N–H and O–H groups in total. The van der Waals surface area contributed by atoms with Gasteiger partial charge in [-0.3, -0.25) is 10.1 Å². The fourth-order valence-electron chi connectivity index (χ4n) is 4.34. The largest absolute Gasteiger partial charge is 0.352 e. The van der Waals surface area contributed by atoms with Crippen LogP contribution in [-0.2, 0) is 16.3 Å². The topological polar surface area (TPSA) is 130 Å². The maximum atomic E-state index is 14.5. The second kappa shape index (κ2) is 8.86. The Hall–Kier alpha value is -4.51. The van der Waals surface area contributed by atoms with Crippen molar-refractivity contribution in [3.8, 4) is 33.8 Å². The van der Waals surface area contributed by atoms with E-state index < -0.39 is 15.7 Å². The van der Waals surface area contributed by atoms with E-state index in [2.05, 4.69) is 30.1 Å². The van der Waals surface area contributed by atoms with Gasteiger partial charge in [-0.15, -0.1) is 0 Å². The monoisotopic (exact) mass is 513 g/mol. The molecule has 0 bridgehead atoms. The molecule has 0 aliphatic rings. The Kier molecular flexibility index (Phi) is 5.49. The van der Waals surface area contributed by atoms with Crippen LogP contribution in [0.4, 0.5) is 4.39 Å². The smallest absolute Gasteiger partial charge is 0.147 e. The molecular weight excluding hydrogens is 493 g/mol. The molecule has 0 aliphatic heterocycles. The Morgan fingerprint density at radius 3 is 2.57 bits per heavy atom. The van der Waals surface area contributed by atoms with Gasteiger partial charge in [-0.1, -0.05) is 6.07 Å². The van der Waals surface area contributed by atoms with Crippen LogP contribution in [-0.4, -0.2) is 55.5 Å². The first kappa shape index (κ1) is 22.9. The number of aromatic nitrogens is 7. The van der Waals surface area contributed by atoms with E-state index in [-0.39, 0.29) is 12.2 Å². The molecule has 11 heteroatoms. The standard InChI is InChI=1S/C26H20FN7O2S/c1-37(35,36)5-4-15-6-16(8-18(27)7-15)20-12-28-13-24-19(20)9-23(31-24)26-25-22(33-34-26)3-2-21(32-25)17-10-29-14-30-11-17/h2-3,6-14,31H,4-5H2,1H3,(H,33,34). The van der Waals surface area contributed by atoms with Crippen LogP contribution in [0.3, 0.4) is 0 Å². The van der Waals surface area contributed by atoms with E-state index in [0.29, 0.717) is 22.3 Å². The lowest BCUT2D eigenvalue weighted by molar-refractivity contribution is 0.600. The number of hydrogen-bond donors (Lipinski definition) is 2. The highest BCUT2D eigenvalue weighted by molar-refractivity contribution is 7.90. The second-order valence-corrected chi connectivity index (χ2v) is 11.1. The Balaban J connectivity index is 1.44. The van der Waals surface area contributed by atoms with Crippen molar-refractivity contribution in [2.45, 2.75) is 6.42 Å². The first-order chi connectivity index (χ1) is 17.8. The van der Waals surface area contributed by atoms with Crippen LogP contribution in [0.5, 0.6) is 0 Å². The van der Waals surface area contributed by atoms with Gasteiger partial charge in [-0.05, 0) is 47.9 Å². The zero-order valence-electron chi connectivity index (χ0n) is 19.6. The molecule has 0 saturated carbocycles. The number of nitrogens with zero attached hydrogens (tertiary/aromatic N) is 5. The molecule has 184 valence electrons. The lowest BCUT2D eigenvalue weighted by Gasteiger charge is -2.07. The number of halogens is 1. The van der Waals surface area contributed by atoms with Crippen molar-refractivity contribution in [3.05, 3.63) is 78.9 Å². The number of H-pyrrole nitrogens is 2. The van der Waals surface area contributed by atoms with Crippen molar-refractivity contribution < 1.29 is 12.8 Å². The van der Waals surface area contributed by atoms with Gasteiger partial charge in [-0.25, -0.2) is 27.8 Å². The van der Waals surface area contributed by atoms with E-state index in [4.69, 9.17) is 4.98 Å². The van der Waals surface area contributed by atoms with E-state index >= 15 is 0 Å². The van der Waals surface area contributed by atoms with Gasteiger partial charge in [0.05, 0.1) is 34.4 Å². The minimum Gasteiger partial charge on any atom is -0.352 e. The number of aromatic amines is 2. The molecular formula is C26H20FN7O2S. The predicted molar refractivity (Wildman–Crippen MR) is 139 cm³/mol. The van der Waals surface area contributed by atoms with Crippen molar-refractivity contribution in [1.82, 2.24) is 35.1 Å². The summed E-state index contributed by atoms with van der Waals surface area (Å²) in [7, 11) is -3.17. The van der Waals surface area contributed by atoms with Gasteiger partial charge in [0, 0.05) is 41.4 Å². The summed E-state index contributed by atoms with van der Waals surface area (Å²) >= 11 is 0. The first-order valence-electron chi connectivity index (χ1n) is 11.4. The third kappa shape index (κ3) is 4.56. The molecule has 5 aromatic heterocycles. The number of nitrogens with one attached hydrogen (secondary N) is 2. The predicted octanol–water partition coefficient (Wildman–Crippen LogP) is 4.35. The maximum Gasteiger partial charge on any atom is 0.147 e. The fourth-order valence-corrected chi connectivity index (χ4v) is 4.95. The highest BCUT2D eigenvalue weighted by Crippen LogP contribution is 2.34. The van der Waals surface area contributed by atoms with Gasteiger partial charge in [0.15, 0.2) is 0 Å². The molecule has 0 radical (unpaired) electrons. The summed E-state index contributed by atoms with van der Waals surface area (Å²) in [5.41, 5.74) is 6.99. The second-order valence-electron chi connectivity index (χ2n) is 8.85. The van der Waals surface area contributed by atoms with Crippen LogP contribution >= 0.6 is 0 Å². The minimum absolute atomic E-state index is 0.0526. The van der Waals surface area contributed by atoms with Crippen molar-refractivity contribution in [3.63, 3.8) is 0 Å². The molecule has 0 saturated heterocycles. The van der Waals surface area contributed by atoms with Gasteiger partial charge in [0.2, 0.25) is 0 Å². The highest BCUT2D eigenvalue weighted by Gasteiger charge is 2.16. The lowest BCUT2D eigenvalue weighted by atomic mass is 10.0. The summed E-state index contributed by atoms with van der Waals surface area (Å²) < 4.78 is 37.7. The van der Waals surface area contributed by atoms with E-state index in [1.807, 2.05) is 18.2 Å². The molecule has 1 aromatic carbocycles. The van der Waals surface area contributed by atoms with E-state index in [1.165, 1.54) is 24.7 Å². The molecule has 9 nitrogen and oxygen atoms in total. The Labute approximate surface area is 210 Å². The van der Waals surface area contributed by atoms with E-state index in [1.54, 1.807) is 30.9 Å². The van der Waals surface area contributed by atoms with E-state index in [9.17, 15) is 12.8 Å². The number of aryl methyl sites for hydroxylation is 1. The average molecular weight is 514 g/mol. The van der Waals surface area contributed by atoms with Crippen LogP contribution in [0.25, 0.3) is 55.7 Å². The first-order valence-corrected chi connectivity index (χ1v) is 13.5. The summed E-state index contributed by atoms with van der Waals surface area (Å²) in [4.78, 5) is 20.6. The summed E-state index contributed by atoms with van der Waals surface area (Å²) in [5, 5.41) is 8.33. The minimum atomic E-state index is -3.17. The lowest BCUT2D eigenvalue weighted by Crippen LogP contribution is -2.06. The summed E-state index contributed by atoms with van der Waals surface area (Å²) in [6, 6.07) is 10.3. The van der Waals surface area contributed by atoms with Gasteiger partial charge in [-0.2, -0.15) is 5.10 Å². The molecule has 6 rings (SSSR count). The highest BCUT2D eigenvalue weighted by atomic mass is 32.2. The third-order valence-corrected chi connectivity index (χ3v) is 7.04. The van der Waals surface area contributed by atoms with Crippen LogP contribution in [0.2, 0.25) is 0 Å². The zero-order valence-corrected chi connectivity index (χ0v) is 20.4. The van der Waals surface area contributed by atoms with Gasteiger partial charge in [0.1, 0.15) is 33.2 Å². The number of pyridine rings is 2. The quantitative estimate of drug-likeness (QED) is 0.339. The molecule has 5 heterocycles. The number of benzene rings is 1. The molecule has 0 spiro atoms. The van der Waals surface area contributed by atoms with Gasteiger partial charge in [0.25, 0.3) is 0 Å². The average Bonchev–Trinajstić information content (AvgIpc) is 3.51. The Morgan fingerprint density at radius 2 is 1.76 bits per heavy atom. The number of fused-ring (bicyclic) bond motifs is 2. The Morgan fingerprint density at radius 1 is 0.919 bits per heavy atom. The zero-order chi connectivity index (χ0) is 25.6. The maximum absolute atomic E-state index is 14.5. The molecule has 0 atom stereocenters. The van der Waals surface area contributed by atoms with Gasteiger partial charge >= 0.3 is 0 Å². The molecule has 0 fully saturated rings. The molecule has 0 unspecified atom stereocenters. The van der Waals surface area contributed by atoms with Crippen molar-refractivity contribution in [2.75, 3.05) is 12.0 Å². The Bertz CT molecular complexity index is 1880. The van der Waals surface area contributed by atoms with Crippen molar-refractivity contribution in [1.29, 1.82) is 0 Å². The molecule has 0 amide bonds. The number of sulfone groups is 1. The summed E-state index contributed by atoms with van der Waals surface area (Å²) in [6.45, 7) is 0. The van der Waals surface area contributed by atoms with Crippen LogP contribution in [0.15, 0.2) is 67.5 Å². The van der Waals surface area contributed by atoms with Crippen LogP contribution < -0.4 is 0 Å². The summed E-state index contributed by atoms with van der Waals surface area (Å²) in [5.74, 6) is -0.489. The molecule has 0 aliphatic carbocycles. The van der Waals surface area contributed by atoms with Crippen LogP contribution in [0, 0.1) is 5.82 Å².